The van der Waals surface area contributed by atoms with Gasteiger partial charge in [0.25, 0.3) is 0 Å². The summed E-state index contributed by atoms with van der Waals surface area (Å²) in [6.45, 7) is 40.6. The number of nitrogens with zero attached hydrogens (tertiary/aromatic N) is 4. The van der Waals surface area contributed by atoms with Crippen LogP contribution in [0.5, 0.6) is 0 Å². The van der Waals surface area contributed by atoms with Crippen molar-refractivity contribution >= 4 is 47.8 Å². The Hall–Kier alpha value is -4.56. The summed E-state index contributed by atoms with van der Waals surface area (Å²) >= 11 is 0. The number of hydrogen-bond donors (Lipinski definition) is 0. The monoisotopic (exact) mass is 1430 g/mol. The molecule has 0 aromatic rings. The zero-order valence-electron chi connectivity index (χ0n) is 65.6. The summed E-state index contributed by atoms with van der Waals surface area (Å²) in [5.41, 5.74) is -0.0492. The Morgan fingerprint density at radius 3 is 0.710 bits per heavy atom. The van der Waals surface area contributed by atoms with Crippen LogP contribution in [0.3, 0.4) is 0 Å². The smallest absolute Gasteiger partial charge is 0.309 e. The lowest BCUT2D eigenvalue weighted by molar-refractivity contribution is -0.164. The summed E-state index contributed by atoms with van der Waals surface area (Å²) in [5, 5.41) is 0. The fourth-order valence-electron chi connectivity index (χ4n) is 13.9. The second-order valence-electron chi connectivity index (χ2n) is 29.1. The molecule has 8 atom stereocenters. The van der Waals surface area contributed by atoms with Crippen LogP contribution in [0.25, 0.3) is 0 Å². The predicted molar refractivity (Wildman–Crippen MR) is 385 cm³/mol. The number of likely N-dealkylation sites (N-methyl/N-ethyl adjacent to an activating group) is 1. The highest BCUT2D eigenvalue weighted by Crippen LogP contribution is 2.36. The van der Waals surface area contributed by atoms with E-state index in [9.17, 15) is 38.4 Å². The molecule has 0 aromatic heterocycles. The van der Waals surface area contributed by atoms with Crippen LogP contribution in [0.2, 0.25) is 0 Å². The van der Waals surface area contributed by atoms with Crippen LogP contribution in [0.4, 0.5) is 0 Å². The molecular weight excluding hydrogens is 1290 g/mol. The van der Waals surface area contributed by atoms with Crippen molar-refractivity contribution in [3.63, 3.8) is 0 Å². The third-order valence-corrected chi connectivity index (χ3v) is 19.0. The zero-order chi connectivity index (χ0) is 75.1. The molecule has 4 aliphatic rings. The molecule has 0 aromatic carbocycles. The van der Waals surface area contributed by atoms with E-state index in [-0.39, 0.29) is 121 Å². The van der Waals surface area contributed by atoms with Crippen LogP contribution >= 0.6 is 0 Å². The Kier molecular flexibility index (Phi) is 50.6. The number of ether oxygens (including phenoxy) is 12. The van der Waals surface area contributed by atoms with Gasteiger partial charge in [0.2, 0.25) is 0 Å². The lowest BCUT2D eigenvalue weighted by Gasteiger charge is -2.45. The highest BCUT2D eigenvalue weighted by molar-refractivity contribution is 5.84. The highest BCUT2D eigenvalue weighted by atomic mass is 16.6. The maximum Gasteiger partial charge on any atom is 0.309 e. The molecule has 0 aliphatic heterocycles. The molecular formula is C76H140N4O20. The predicted octanol–water partition coefficient (Wildman–Crippen LogP) is 10.6. The van der Waals surface area contributed by atoms with Crippen molar-refractivity contribution in [1.29, 1.82) is 0 Å². The molecule has 4 fully saturated rings. The maximum atomic E-state index is 12.7. The Balaban J connectivity index is 0.000000668. The molecule has 8 unspecified atom stereocenters. The minimum Gasteiger partial charge on any atom is -0.464 e. The molecule has 584 valence electrons. The van der Waals surface area contributed by atoms with Crippen molar-refractivity contribution in [2.75, 3.05) is 160 Å². The van der Waals surface area contributed by atoms with Gasteiger partial charge in [-0.25, -0.2) is 0 Å². The third-order valence-electron chi connectivity index (χ3n) is 19.0. The number of carbonyl (C=O) groups is 8. The van der Waals surface area contributed by atoms with Crippen LogP contribution in [0.1, 0.15) is 213 Å². The lowest BCUT2D eigenvalue weighted by Crippen LogP contribution is -2.53. The first-order valence-electron chi connectivity index (χ1n) is 37.9. The Morgan fingerprint density at radius 1 is 0.300 bits per heavy atom. The quantitative estimate of drug-likeness (QED) is 0.0314. The van der Waals surface area contributed by atoms with Gasteiger partial charge in [0, 0.05) is 77.8 Å². The van der Waals surface area contributed by atoms with Gasteiger partial charge in [0.15, 0.2) is 0 Å². The largest absolute Gasteiger partial charge is 0.464 e. The van der Waals surface area contributed by atoms with Gasteiger partial charge in [-0.15, -0.1) is 0 Å². The molecule has 4 saturated carbocycles. The van der Waals surface area contributed by atoms with E-state index in [2.05, 4.69) is 117 Å². The standard InChI is InChI=1S/C21H39NO5.2C19H35NO5.C17H31NO5/c1-20(2,3)22(21(4,5)6)12-13-26-18(23)16-10-8-9-11-17(16)19(24)27-15-14-25-7;1-14(2)20(15(3)4)10-11-24-18(21)16-8-6-7-9-17(16)19(22)25-13-12-23-5;1-4-10-20(11-5-2)12-13-24-18(21)16-8-6-7-9-17(16)19(22)25-15-14-23-3;1-4-18(5-2)10-11-22-16(19)14-8-6-7-9-15(14)17(20)23-13-12-21-3/h16-17H,8-15H2,1-7H3;14-17H,6-13H2,1-5H3;16-17H,4-15H2,1-3H3;14-15H,4-13H2,1-3H3. The van der Waals surface area contributed by atoms with Gasteiger partial charge in [-0.05, 0) is 160 Å². The van der Waals surface area contributed by atoms with Gasteiger partial charge in [0.1, 0.15) is 52.9 Å². The molecule has 0 heterocycles. The Morgan fingerprint density at radius 2 is 0.510 bits per heavy atom. The van der Waals surface area contributed by atoms with Crippen LogP contribution in [0, 0.1) is 47.3 Å². The molecule has 0 amide bonds. The number of methoxy groups -OCH3 is 4. The van der Waals surface area contributed by atoms with Crippen LogP contribution in [0.15, 0.2) is 0 Å². The van der Waals surface area contributed by atoms with Crippen LogP contribution in [-0.4, -0.2) is 251 Å². The second-order valence-corrected chi connectivity index (χ2v) is 29.1. The molecule has 0 spiro atoms. The van der Waals surface area contributed by atoms with Crippen LogP contribution < -0.4 is 0 Å². The summed E-state index contributed by atoms with van der Waals surface area (Å²) < 4.78 is 62.5. The van der Waals surface area contributed by atoms with Gasteiger partial charge in [-0.1, -0.05) is 79.1 Å². The van der Waals surface area contributed by atoms with E-state index in [1.54, 1.807) is 28.4 Å². The molecule has 4 aliphatic carbocycles. The van der Waals surface area contributed by atoms with Gasteiger partial charge in [-0.3, -0.25) is 53.1 Å². The van der Waals surface area contributed by atoms with Gasteiger partial charge in [0.05, 0.1) is 73.8 Å². The topological polar surface area (TPSA) is 260 Å². The fraction of sp³-hybridized carbons (Fsp3) is 0.895. The van der Waals surface area contributed by atoms with E-state index < -0.39 is 11.8 Å². The van der Waals surface area contributed by atoms with E-state index in [4.69, 9.17) is 56.8 Å². The van der Waals surface area contributed by atoms with Crippen LogP contribution in [-0.2, 0) is 95.2 Å². The number of carbonyl (C=O) groups excluding carboxylic acids is 8. The molecule has 4 rings (SSSR count). The molecule has 0 N–H and O–H groups in total. The number of hydrogen-bond acceptors (Lipinski definition) is 24. The van der Waals surface area contributed by atoms with Gasteiger partial charge >= 0.3 is 47.8 Å². The van der Waals surface area contributed by atoms with Crippen molar-refractivity contribution in [2.24, 2.45) is 47.3 Å². The van der Waals surface area contributed by atoms with E-state index in [1.807, 2.05) is 0 Å². The maximum absolute atomic E-state index is 12.7. The van der Waals surface area contributed by atoms with Gasteiger partial charge < -0.3 is 61.7 Å². The SMILES string of the molecule is CCCN(CCC)CCOC(=O)C1CCCCC1C(=O)OCCOC.CCN(CC)CCOC(=O)C1CCCCC1C(=O)OCCOC.COCCOC(=O)C1CCCCC1C(=O)OCCN(C(C)(C)C)C(C)(C)C.COCCOC(=O)C1CCCCC1C(=O)OCCN(C(C)C)C(C)C. The molecule has 0 bridgehead atoms. The zero-order valence-corrected chi connectivity index (χ0v) is 65.6. The van der Waals surface area contributed by atoms with E-state index >= 15 is 0 Å². The van der Waals surface area contributed by atoms with Gasteiger partial charge in [-0.2, -0.15) is 0 Å². The summed E-state index contributed by atoms with van der Waals surface area (Å²) in [4.78, 5) is 108. The summed E-state index contributed by atoms with van der Waals surface area (Å²) in [6, 6.07) is 0.800. The fourth-order valence-corrected chi connectivity index (χ4v) is 13.9. The minimum atomic E-state index is -0.399. The van der Waals surface area contributed by atoms with Crippen molar-refractivity contribution in [1.82, 2.24) is 19.6 Å². The first-order valence-corrected chi connectivity index (χ1v) is 37.9. The second kappa shape index (κ2) is 54.1. The molecule has 0 saturated heterocycles. The summed E-state index contributed by atoms with van der Waals surface area (Å²) in [7, 11) is 6.25. The average molecular weight is 1430 g/mol. The molecule has 0 radical (unpaired) electrons. The third kappa shape index (κ3) is 37.7. The van der Waals surface area contributed by atoms with E-state index in [0.717, 1.165) is 103 Å². The molecule has 24 nitrogen and oxygen atoms in total. The minimum absolute atomic E-state index is 0.0246. The first kappa shape index (κ1) is 93.5. The van der Waals surface area contributed by atoms with Crippen molar-refractivity contribution in [3.8, 4) is 0 Å². The van der Waals surface area contributed by atoms with Crippen molar-refractivity contribution < 1.29 is 95.2 Å². The Bertz CT molecular complexity index is 2210. The normalized spacial score (nSPS) is 21.0. The van der Waals surface area contributed by atoms with Crippen molar-refractivity contribution in [2.45, 2.75) is 236 Å². The lowest BCUT2D eigenvalue weighted by atomic mass is 9.79. The molecule has 100 heavy (non-hydrogen) atoms. The Labute approximate surface area is 603 Å². The number of esters is 8. The van der Waals surface area contributed by atoms with Crippen molar-refractivity contribution in [3.05, 3.63) is 0 Å². The summed E-state index contributed by atoms with van der Waals surface area (Å²) in [6.07, 6.45) is 15.3. The summed E-state index contributed by atoms with van der Waals surface area (Å²) in [5.74, 6) is -5.28. The van der Waals surface area contributed by atoms with E-state index in [0.29, 0.717) is 129 Å². The number of rotatable bonds is 40. The highest BCUT2D eigenvalue weighted by Gasteiger charge is 2.42. The average Bonchev–Trinajstić information content (AvgIpc) is 0.867. The molecule has 24 heteroatoms. The first-order chi connectivity index (χ1) is 47.6. The van der Waals surface area contributed by atoms with E-state index in [1.165, 1.54) is 0 Å².